The van der Waals surface area contributed by atoms with E-state index in [9.17, 15) is 9.59 Å². The number of benzene rings is 2. The van der Waals surface area contributed by atoms with Gasteiger partial charge in [-0.15, -0.1) is 0 Å². The van der Waals surface area contributed by atoms with Gasteiger partial charge >= 0.3 is 5.97 Å². The van der Waals surface area contributed by atoms with Gasteiger partial charge in [-0.3, -0.25) is 9.36 Å². The molecule has 2 aromatic carbocycles. The largest absolute Gasteiger partial charge is 0.497 e. The second-order valence-corrected chi connectivity index (χ2v) is 9.09. The summed E-state index contributed by atoms with van der Waals surface area (Å²) in [5.41, 5.74) is 2.03. The van der Waals surface area contributed by atoms with Crippen molar-refractivity contribution in [2.45, 2.75) is 19.9 Å². The number of rotatable bonds is 9. The average Bonchev–Trinajstić information content (AvgIpc) is 3.21. The summed E-state index contributed by atoms with van der Waals surface area (Å²) in [4.78, 5) is 31.9. The van der Waals surface area contributed by atoms with E-state index in [0.717, 1.165) is 11.1 Å². The molecule has 1 aliphatic rings. The summed E-state index contributed by atoms with van der Waals surface area (Å²) in [5.74, 6) is 1.31. The third kappa shape index (κ3) is 5.22. The van der Waals surface area contributed by atoms with E-state index in [-0.39, 0.29) is 12.2 Å². The van der Waals surface area contributed by atoms with Crippen molar-refractivity contribution in [1.82, 2.24) is 4.57 Å². The van der Waals surface area contributed by atoms with Crippen LogP contribution in [0.2, 0.25) is 0 Å². The van der Waals surface area contributed by atoms with E-state index < -0.39 is 12.0 Å². The number of aromatic nitrogens is 1. The van der Waals surface area contributed by atoms with Gasteiger partial charge in [0.25, 0.3) is 5.56 Å². The second kappa shape index (κ2) is 11.3. The fraction of sp³-hybridized carbons (Fsp3) is 0.250. The maximum Gasteiger partial charge on any atom is 0.338 e. The Balaban J connectivity index is 1.88. The SMILES string of the molecule is C=CCOC(=O)C1=C(C)N=c2sc(=Cc3ccc(OCC)c(OC)c3)c(=O)n2C1c1ccc(OC)cc1. The van der Waals surface area contributed by atoms with Crippen molar-refractivity contribution in [3.63, 3.8) is 0 Å². The van der Waals surface area contributed by atoms with E-state index in [1.807, 2.05) is 37.3 Å². The lowest BCUT2D eigenvalue weighted by molar-refractivity contribution is -0.138. The molecule has 0 aliphatic carbocycles. The Morgan fingerprint density at radius 1 is 1.14 bits per heavy atom. The molecule has 9 heteroatoms. The van der Waals surface area contributed by atoms with Crippen molar-refractivity contribution in [3.05, 3.63) is 97.2 Å². The average molecular weight is 521 g/mol. The first kappa shape index (κ1) is 26.0. The molecule has 4 rings (SSSR count). The van der Waals surface area contributed by atoms with E-state index in [1.54, 1.807) is 43.9 Å². The quantitative estimate of drug-likeness (QED) is 0.318. The first-order chi connectivity index (χ1) is 17.9. The molecule has 0 saturated carbocycles. The number of esters is 1. The molecule has 1 aliphatic heterocycles. The minimum Gasteiger partial charge on any atom is -0.497 e. The summed E-state index contributed by atoms with van der Waals surface area (Å²) >= 11 is 1.26. The standard InChI is InChI=1S/C28H28N2O6S/c1-6-14-36-27(32)24-17(3)29-28-30(25(24)19-9-11-20(33-4)12-10-19)26(31)23(37-28)16-18-8-13-21(35-7-2)22(15-18)34-5/h6,8-13,15-16,25H,1,7,14H2,2-5H3. The van der Waals surface area contributed by atoms with Gasteiger partial charge in [0.15, 0.2) is 16.3 Å². The van der Waals surface area contributed by atoms with Crippen LogP contribution in [0.1, 0.15) is 31.0 Å². The maximum atomic E-state index is 13.7. The Hall–Kier alpha value is -4.11. The van der Waals surface area contributed by atoms with Crippen molar-refractivity contribution in [1.29, 1.82) is 0 Å². The number of fused-ring (bicyclic) bond motifs is 1. The van der Waals surface area contributed by atoms with Crippen LogP contribution in [0.15, 0.2) is 76.2 Å². The molecule has 0 bridgehead atoms. The van der Waals surface area contributed by atoms with Gasteiger partial charge in [-0.2, -0.15) is 0 Å². The first-order valence-corrected chi connectivity index (χ1v) is 12.5. The zero-order chi connectivity index (χ0) is 26.5. The van der Waals surface area contributed by atoms with Gasteiger partial charge in [0.1, 0.15) is 12.4 Å². The van der Waals surface area contributed by atoms with Crippen LogP contribution in [0.25, 0.3) is 6.08 Å². The molecule has 1 atom stereocenters. The molecule has 1 aromatic heterocycles. The molecule has 0 spiro atoms. The molecular formula is C28H28N2O6S. The molecular weight excluding hydrogens is 492 g/mol. The fourth-order valence-corrected chi connectivity index (χ4v) is 5.14. The lowest BCUT2D eigenvalue weighted by Gasteiger charge is -2.24. The number of methoxy groups -OCH3 is 2. The molecule has 192 valence electrons. The van der Waals surface area contributed by atoms with Gasteiger partial charge in [-0.05, 0) is 55.3 Å². The summed E-state index contributed by atoms with van der Waals surface area (Å²) in [6.45, 7) is 7.82. The van der Waals surface area contributed by atoms with Gasteiger partial charge < -0.3 is 18.9 Å². The maximum absolute atomic E-state index is 13.7. The number of nitrogens with zero attached hydrogens (tertiary/aromatic N) is 2. The summed E-state index contributed by atoms with van der Waals surface area (Å²) in [7, 11) is 3.15. The molecule has 2 heterocycles. The third-order valence-corrected chi connectivity index (χ3v) is 6.77. The zero-order valence-electron chi connectivity index (χ0n) is 21.1. The summed E-state index contributed by atoms with van der Waals surface area (Å²) in [6.07, 6.45) is 3.28. The third-order valence-electron chi connectivity index (χ3n) is 5.79. The Labute approximate surface area is 218 Å². The molecule has 0 radical (unpaired) electrons. The number of carbonyl (C=O) groups is 1. The molecule has 0 amide bonds. The number of hydrogen-bond acceptors (Lipinski definition) is 8. The first-order valence-electron chi connectivity index (χ1n) is 11.7. The number of thiazole rings is 1. The van der Waals surface area contributed by atoms with Crippen molar-refractivity contribution in [3.8, 4) is 17.2 Å². The van der Waals surface area contributed by atoms with E-state index in [1.165, 1.54) is 17.4 Å². The highest BCUT2D eigenvalue weighted by molar-refractivity contribution is 7.07. The molecule has 0 saturated heterocycles. The van der Waals surface area contributed by atoms with E-state index >= 15 is 0 Å². The lowest BCUT2D eigenvalue weighted by Crippen LogP contribution is -2.39. The number of ether oxygens (including phenoxy) is 4. The molecule has 0 fully saturated rings. The van der Waals surface area contributed by atoms with Crippen LogP contribution in [0.5, 0.6) is 17.2 Å². The van der Waals surface area contributed by atoms with Crippen LogP contribution in [0, 0.1) is 0 Å². The monoisotopic (exact) mass is 520 g/mol. The highest BCUT2D eigenvalue weighted by Crippen LogP contribution is 2.32. The Kier molecular flexibility index (Phi) is 7.93. The predicted octanol–water partition coefficient (Wildman–Crippen LogP) is 3.38. The van der Waals surface area contributed by atoms with Crippen LogP contribution < -0.4 is 29.1 Å². The van der Waals surface area contributed by atoms with Gasteiger partial charge in [-0.1, -0.05) is 42.2 Å². The van der Waals surface area contributed by atoms with Crippen molar-refractivity contribution < 1.29 is 23.7 Å². The summed E-state index contributed by atoms with van der Waals surface area (Å²) in [5, 5.41) is 0. The molecule has 0 N–H and O–H groups in total. The van der Waals surface area contributed by atoms with Crippen LogP contribution in [-0.2, 0) is 9.53 Å². The minimum absolute atomic E-state index is 0.0505. The summed E-state index contributed by atoms with van der Waals surface area (Å²) in [6, 6.07) is 12.0. The van der Waals surface area contributed by atoms with E-state index in [0.29, 0.717) is 44.5 Å². The second-order valence-electron chi connectivity index (χ2n) is 8.09. The van der Waals surface area contributed by atoms with E-state index in [2.05, 4.69) is 11.6 Å². The molecule has 8 nitrogen and oxygen atoms in total. The van der Waals surface area contributed by atoms with Crippen molar-refractivity contribution >= 4 is 23.4 Å². The highest BCUT2D eigenvalue weighted by atomic mass is 32.1. The number of carbonyl (C=O) groups excluding carboxylic acids is 1. The minimum atomic E-state index is -0.712. The van der Waals surface area contributed by atoms with Crippen LogP contribution in [0.4, 0.5) is 0 Å². The topological polar surface area (TPSA) is 88.4 Å². The zero-order valence-corrected chi connectivity index (χ0v) is 22.0. The van der Waals surface area contributed by atoms with Crippen LogP contribution >= 0.6 is 11.3 Å². The Morgan fingerprint density at radius 3 is 2.54 bits per heavy atom. The molecule has 3 aromatic rings. The van der Waals surface area contributed by atoms with Crippen molar-refractivity contribution in [2.75, 3.05) is 27.4 Å². The number of hydrogen-bond donors (Lipinski definition) is 0. The van der Waals surface area contributed by atoms with Crippen molar-refractivity contribution in [2.24, 2.45) is 4.99 Å². The predicted molar refractivity (Wildman–Crippen MR) is 142 cm³/mol. The van der Waals surface area contributed by atoms with Gasteiger partial charge in [0.2, 0.25) is 0 Å². The Morgan fingerprint density at radius 2 is 1.89 bits per heavy atom. The smallest absolute Gasteiger partial charge is 0.338 e. The van der Waals surface area contributed by atoms with E-state index in [4.69, 9.17) is 18.9 Å². The Bertz CT molecular complexity index is 1530. The molecule has 1 unspecified atom stereocenters. The van der Waals surface area contributed by atoms with Gasteiger partial charge in [0.05, 0.1) is 42.7 Å². The van der Waals surface area contributed by atoms with Gasteiger partial charge in [-0.25, -0.2) is 9.79 Å². The number of allylic oxidation sites excluding steroid dienone is 1. The lowest BCUT2D eigenvalue weighted by atomic mass is 9.96. The normalized spacial score (nSPS) is 15.0. The summed E-state index contributed by atoms with van der Waals surface area (Å²) < 4.78 is 23.7. The molecule has 37 heavy (non-hydrogen) atoms. The van der Waals surface area contributed by atoms with Crippen LogP contribution in [-0.4, -0.2) is 38.0 Å². The van der Waals surface area contributed by atoms with Crippen LogP contribution in [0.3, 0.4) is 0 Å². The van der Waals surface area contributed by atoms with Gasteiger partial charge in [0, 0.05) is 0 Å². The fourth-order valence-electron chi connectivity index (χ4n) is 4.10. The highest BCUT2D eigenvalue weighted by Gasteiger charge is 2.33.